The van der Waals surface area contributed by atoms with E-state index in [-0.39, 0.29) is 0 Å². The Morgan fingerprint density at radius 3 is 2.21 bits per heavy atom. The summed E-state index contributed by atoms with van der Waals surface area (Å²) < 4.78 is 8.88. The first kappa shape index (κ1) is 22.2. The van der Waals surface area contributed by atoms with E-state index in [2.05, 4.69) is 60.4 Å². The van der Waals surface area contributed by atoms with Crippen LogP contribution < -0.4 is 0 Å². The molecule has 1 atom stereocenters. The highest BCUT2D eigenvalue weighted by Crippen LogP contribution is 2.43. The quantitative estimate of drug-likeness (QED) is 0.592. The Hall–Kier alpha value is -1.46. The lowest BCUT2D eigenvalue weighted by Gasteiger charge is -2.36. The standard InChI is InChI=1S/C22H24ClN.H3O4P/c1-2-24-13-11-18(12-14-24)22-20-6-4-3-5-16(20)7-8-17-9-10-19(23)15-21(17)22;1-5(2,3)4/h3-10,15,18,22H,2,11-14H2,1H3;(H3,1,2,3,4). The number of halogens is 1. The molecule has 2 aromatic carbocycles. The van der Waals surface area contributed by atoms with E-state index in [1.807, 2.05) is 6.07 Å². The molecule has 0 amide bonds. The molecule has 0 bridgehead atoms. The number of phosphoric acid groups is 1. The van der Waals surface area contributed by atoms with Crippen LogP contribution in [-0.2, 0) is 4.57 Å². The van der Waals surface area contributed by atoms with Gasteiger partial charge in [-0.2, -0.15) is 0 Å². The van der Waals surface area contributed by atoms with Gasteiger partial charge in [0.25, 0.3) is 0 Å². The van der Waals surface area contributed by atoms with Gasteiger partial charge < -0.3 is 19.6 Å². The fourth-order valence-corrected chi connectivity index (χ4v) is 4.55. The smallest absolute Gasteiger partial charge is 0.304 e. The molecule has 1 saturated heterocycles. The van der Waals surface area contributed by atoms with Crippen molar-refractivity contribution in [1.82, 2.24) is 4.90 Å². The molecule has 1 aliphatic heterocycles. The minimum Gasteiger partial charge on any atom is -0.304 e. The van der Waals surface area contributed by atoms with Gasteiger partial charge in [0.15, 0.2) is 0 Å². The maximum absolute atomic E-state index is 8.88. The predicted molar refractivity (Wildman–Crippen MR) is 118 cm³/mol. The number of hydrogen-bond acceptors (Lipinski definition) is 2. The highest BCUT2D eigenvalue weighted by atomic mass is 35.5. The lowest BCUT2D eigenvalue weighted by Crippen LogP contribution is -2.35. The van der Waals surface area contributed by atoms with Crippen LogP contribution in [0.25, 0.3) is 12.2 Å². The molecule has 0 radical (unpaired) electrons. The van der Waals surface area contributed by atoms with Gasteiger partial charge in [-0.15, -0.1) is 0 Å². The third-order valence-electron chi connectivity index (χ3n) is 5.71. The molecule has 0 spiro atoms. The van der Waals surface area contributed by atoms with Gasteiger partial charge in [-0.05, 0) is 72.8 Å². The first-order chi connectivity index (χ1) is 13.8. The molecular weight excluding hydrogens is 409 g/mol. The van der Waals surface area contributed by atoms with Gasteiger partial charge in [0, 0.05) is 10.9 Å². The Labute approximate surface area is 176 Å². The molecule has 4 rings (SSSR count). The second-order valence-electron chi connectivity index (χ2n) is 7.50. The lowest BCUT2D eigenvalue weighted by atomic mass is 9.74. The van der Waals surface area contributed by atoms with Crippen LogP contribution in [0.2, 0.25) is 5.02 Å². The number of benzene rings is 2. The monoisotopic (exact) mass is 435 g/mol. The summed E-state index contributed by atoms with van der Waals surface area (Å²) in [6, 6.07) is 15.3. The van der Waals surface area contributed by atoms with Crippen molar-refractivity contribution >= 4 is 31.6 Å². The van der Waals surface area contributed by atoms with E-state index in [9.17, 15) is 0 Å². The molecule has 1 unspecified atom stereocenters. The van der Waals surface area contributed by atoms with Crippen LogP contribution in [0.3, 0.4) is 0 Å². The second kappa shape index (κ2) is 9.57. The van der Waals surface area contributed by atoms with Crippen LogP contribution in [0.4, 0.5) is 0 Å². The van der Waals surface area contributed by atoms with Crippen LogP contribution >= 0.6 is 19.4 Å². The van der Waals surface area contributed by atoms with Crippen molar-refractivity contribution in [3.63, 3.8) is 0 Å². The number of nitrogens with zero attached hydrogens (tertiary/aromatic N) is 1. The Kier molecular flexibility index (Phi) is 7.33. The SMILES string of the molecule is CCN1CCC(C2c3ccccc3C=Cc3ccc(Cl)cc32)CC1.O=P(O)(O)O. The Morgan fingerprint density at radius 2 is 1.59 bits per heavy atom. The van der Waals surface area contributed by atoms with Crippen molar-refractivity contribution < 1.29 is 19.2 Å². The molecular formula is C22H27ClNO4P. The van der Waals surface area contributed by atoms with E-state index in [4.69, 9.17) is 30.8 Å². The van der Waals surface area contributed by atoms with Crippen LogP contribution in [-0.4, -0.2) is 39.2 Å². The maximum Gasteiger partial charge on any atom is 0.466 e. The number of piperidine rings is 1. The van der Waals surface area contributed by atoms with Gasteiger partial charge >= 0.3 is 7.82 Å². The summed E-state index contributed by atoms with van der Waals surface area (Å²) in [4.78, 5) is 24.1. The van der Waals surface area contributed by atoms with Gasteiger partial charge in [-0.1, -0.05) is 61.0 Å². The number of fused-ring (bicyclic) bond motifs is 2. The minimum atomic E-state index is -4.64. The summed E-state index contributed by atoms with van der Waals surface area (Å²) in [7, 11) is -4.64. The Morgan fingerprint density at radius 1 is 1.00 bits per heavy atom. The predicted octanol–water partition coefficient (Wildman–Crippen LogP) is 4.76. The average Bonchev–Trinajstić information content (AvgIpc) is 2.83. The lowest BCUT2D eigenvalue weighted by molar-refractivity contribution is 0.182. The summed E-state index contributed by atoms with van der Waals surface area (Å²) in [5.74, 6) is 1.13. The normalized spacial score (nSPS) is 19.6. The molecule has 7 heteroatoms. The van der Waals surface area contributed by atoms with E-state index in [0.29, 0.717) is 11.8 Å². The van der Waals surface area contributed by atoms with Crippen molar-refractivity contribution in [3.8, 4) is 0 Å². The molecule has 2 aromatic rings. The highest BCUT2D eigenvalue weighted by Gasteiger charge is 2.31. The first-order valence-corrected chi connectivity index (χ1v) is 11.8. The van der Waals surface area contributed by atoms with Crippen molar-refractivity contribution in [2.75, 3.05) is 19.6 Å². The number of rotatable bonds is 2. The van der Waals surface area contributed by atoms with E-state index >= 15 is 0 Å². The summed E-state index contributed by atoms with van der Waals surface area (Å²) in [6.07, 6.45) is 7.05. The molecule has 1 fully saturated rings. The highest BCUT2D eigenvalue weighted by molar-refractivity contribution is 7.45. The summed E-state index contributed by atoms with van der Waals surface area (Å²) in [5.41, 5.74) is 5.54. The van der Waals surface area contributed by atoms with Crippen LogP contribution in [0.5, 0.6) is 0 Å². The summed E-state index contributed by atoms with van der Waals surface area (Å²) >= 11 is 6.37. The fourth-order valence-electron chi connectivity index (χ4n) is 4.37. The van der Waals surface area contributed by atoms with Crippen molar-refractivity contribution in [2.24, 2.45) is 5.92 Å². The Balaban J connectivity index is 0.000000431. The molecule has 0 saturated carbocycles. The van der Waals surface area contributed by atoms with E-state index < -0.39 is 7.82 Å². The largest absolute Gasteiger partial charge is 0.466 e. The maximum atomic E-state index is 8.88. The topological polar surface area (TPSA) is 81.0 Å². The second-order valence-corrected chi connectivity index (χ2v) is 8.96. The molecule has 5 nitrogen and oxygen atoms in total. The molecule has 2 aliphatic rings. The molecule has 1 heterocycles. The fraction of sp³-hybridized carbons (Fsp3) is 0.364. The third-order valence-corrected chi connectivity index (χ3v) is 5.94. The van der Waals surface area contributed by atoms with Gasteiger partial charge in [-0.25, -0.2) is 4.57 Å². The Bertz CT molecular complexity index is 911. The first-order valence-electron chi connectivity index (χ1n) is 9.83. The summed E-state index contributed by atoms with van der Waals surface area (Å²) in [6.45, 7) is 5.85. The zero-order valence-corrected chi connectivity index (χ0v) is 18.1. The van der Waals surface area contributed by atoms with Crippen molar-refractivity contribution in [3.05, 3.63) is 69.7 Å². The van der Waals surface area contributed by atoms with Gasteiger partial charge in [0.05, 0.1) is 0 Å². The minimum absolute atomic E-state index is 0.448. The van der Waals surface area contributed by atoms with E-state index in [1.165, 1.54) is 48.2 Å². The van der Waals surface area contributed by atoms with Crippen LogP contribution in [0.1, 0.15) is 47.9 Å². The zero-order valence-electron chi connectivity index (χ0n) is 16.4. The van der Waals surface area contributed by atoms with Gasteiger partial charge in [-0.3, -0.25) is 0 Å². The molecule has 3 N–H and O–H groups in total. The molecule has 0 aromatic heterocycles. The van der Waals surface area contributed by atoms with Crippen LogP contribution in [0.15, 0.2) is 42.5 Å². The molecule has 29 heavy (non-hydrogen) atoms. The van der Waals surface area contributed by atoms with Gasteiger partial charge in [0.1, 0.15) is 0 Å². The van der Waals surface area contributed by atoms with Crippen LogP contribution in [0, 0.1) is 5.92 Å². The zero-order chi connectivity index (χ0) is 21.0. The summed E-state index contributed by atoms with van der Waals surface area (Å²) in [5, 5.41) is 0.845. The molecule has 1 aliphatic carbocycles. The van der Waals surface area contributed by atoms with Crippen molar-refractivity contribution in [2.45, 2.75) is 25.7 Å². The number of hydrogen-bond donors (Lipinski definition) is 3. The van der Waals surface area contributed by atoms with E-state index in [0.717, 1.165) is 11.6 Å². The number of likely N-dealkylation sites (tertiary alicyclic amines) is 1. The molecule has 156 valence electrons. The van der Waals surface area contributed by atoms with Crippen molar-refractivity contribution in [1.29, 1.82) is 0 Å². The average molecular weight is 436 g/mol. The van der Waals surface area contributed by atoms with Gasteiger partial charge in [0.2, 0.25) is 0 Å². The van der Waals surface area contributed by atoms with E-state index in [1.54, 1.807) is 0 Å². The third kappa shape index (κ3) is 6.02.